The number of fused-ring (bicyclic) bond motifs is 4. The van der Waals surface area contributed by atoms with E-state index in [0.717, 1.165) is 56.7 Å². The molecule has 5 fully saturated rings. The van der Waals surface area contributed by atoms with Crippen molar-refractivity contribution in [3.8, 4) is 17.3 Å². The zero-order valence-corrected chi connectivity index (χ0v) is 23.0. The largest absolute Gasteiger partial charge is 0.461 e. The Morgan fingerprint density at radius 1 is 1.00 bits per heavy atom. The number of alkyl halides is 1. The van der Waals surface area contributed by atoms with Crippen molar-refractivity contribution in [2.75, 3.05) is 37.7 Å². The molecule has 8 rings (SSSR count). The van der Waals surface area contributed by atoms with Gasteiger partial charge in [-0.25, -0.2) is 8.78 Å². The van der Waals surface area contributed by atoms with Crippen LogP contribution in [0.3, 0.4) is 0 Å². The molecule has 0 spiro atoms. The highest BCUT2D eigenvalue weighted by atomic mass is 19.1. The summed E-state index contributed by atoms with van der Waals surface area (Å²) >= 11 is 0. The van der Waals surface area contributed by atoms with Gasteiger partial charge in [0.1, 0.15) is 29.8 Å². The number of nitrogens with zero attached hydrogens (tertiary/aromatic N) is 5. The monoisotopic (exact) mass is 545 g/mol. The predicted octanol–water partition coefficient (Wildman–Crippen LogP) is 6.29. The summed E-state index contributed by atoms with van der Waals surface area (Å²) in [7, 11) is 0. The quantitative estimate of drug-likeness (QED) is 0.363. The highest BCUT2D eigenvalue weighted by molar-refractivity contribution is 5.92. The number of piperidine rings is 1. The second-order valence-corrected chi connectivity index (χ2v) is 13.0. The zero-order chi connectivity index (χ0) is 26.8. The maximum Gasteiger partial charge on any atom is 0.319 e. The smallest absolute Gasteiger partial charge is 0.319 e. The van der Waals surface area contributed by atoms with Crippen molar-refractivity contribution >= 4 is 16.7 Å². The zero-order valence-electron chi connectivity index (χ0n) is 23.0. The summed E-state index contributed by atoms with van der Waals surface area (Å²) in [5, 5.41) is 0.640. The van der Waals surface area contributed by atoms with E-state index in [-0.39, 0.29) is 17.1 Å². The molecule has 210 valence electrons. The van der Waals surface area contributed by atoms with Crippen LogP contribution in [0.1, 0.15) is 69.3 Å². The van der Waals surface area contributed by atoms with E-state index >= 15 is 4.39 Å². The lowest BCUT2D eigenvalue weighted by atomic mass is 9.77. The molecule has 1 aromatic carbocycles. The summed E-state index contributed by atoms with van der Waals surface area (Å²) < 4.78 is 37.2. The molecular formula is C32H37F2N5O. The Labute approximate surface area is 234 Å². The van der Waals surface area contributed by atoms with Gasteiger partial charge < -0.3 is 9.64 Å². The summed E-state index contributed by atoms with van der Waals surface area (Å²) in [5.41, 5.74) is 2.32. The van der Waals surface area contributed by atoms with Crippen LogP contribution in [0.5, 0.6) is 6.01 Å². The van der Waals surface area contributed by atoms with E-state index in [4.69, 9.17) is 14.7 Å². The third kappa shape index (κ3) is 4.08. The minimum Gasteiger partial charge on any atom is -0.461 e. The van der Waals surface area contributed by atoms with Crippen molar-refractivity contribution in [1.82, 2.24) is 19.9 Å². The lowest BCUT2D eigenvalue weighted by Gasteiger charge is -2.34. The first-order chi connectivity index (χ1) is 19.6. The van der Waals surface area contributed by atoms with Crippen LogP contribution >= 0.6 is 0 Å². The van der Waals surface area contributed by atoms with Crippen molar-refractivity contribution in [3.05, 3.63) is 41.8 Å². The van der Waals surface area contributed by atoms with Gasteiger partial charge in [-0.2, -0.15) is 9.97 Å². The standard InChI is InChI=1S/C32H37F2N5O/c33-23-14-32(11-4-12-39(32)18-23)19-40-31-36-29-26(30(37-31)38-16-20-9-10-21(13-20)17-38)15-35-28(27(29)34)25-8-2-1-7-24(25)22-5-3-6-22/h1-2,7-8,15,20-23H,3-6,9-14,16-19H2/t20?,21?,23-,32+/m1/s1. The first kappa shape index (κ1) is 24.9. The number of benzene rings is 1. The Morgan fingerprint density at radius 3 is 2.62 bits per heavy atom. The predicted molar refractivity (Wildman–Crippen MR) is 151 cm³/mol. The van der Waals surface area contributed by atoms with E-state index in [0.29, 0.717) is 48.4 Å². The van der Waals surface area contributed by atoms with Gasteiger partial charge in [0, 0.05) is 37.8 Å². The van der Waals surface area contributed by atoms with Gasteiger partial charge >= 0.3 is 6.01 Å². The molecule has 3 saturated heterocycles. The van der Waals surface area contributed by atoms with Crippen molar-refractivity contribution in [3.63, 3.8) is 0 Å². The molecule has 2 aliphatic carbocycles. The molecule has 4 atom stereocenters. The average Bonchev–Trinajstić information content (AvgIpc) is 3.57. The summed E-state index contributed by atoms with van der Waals surface area (Å²) in [6.45, 7) is 3.52. The second kappa shape index (κ2) is 9.61. The van der Waals surface area contributed by atoms with Gasteiger partial charge in [0.25, 0.3) is 0 Å². The maximum absolute atomic E-state index is 16.5. The number of ether oxygens (including phenoxy) is 1. The average molecular weight is 546 g/mol. The van der Waals surface area contributed by atoms with E-state index in [1.807, 2.05) is 18.2 Å². The van der Waals surface area contributed by atoms with Gasteiger partial charge in [-0.3, -0.25) is 9.88 Å². The fraction of sp³-hybridized carbons (Fsp3) is 0.594. The third-order valence-electron chi connectivity index (χ3n) is 10.5. The molecule has 5 aliphatic rings. The summed E-state index contributed by atoms with van der Waals surface area (Å²) in [5.74, 6) is 2.05. The van der Waals surface area contributed by atoms with Gasteiger partial charge in [0.2, 0.25) is 0 Å². The lowest BCUT2D eigenvalue weighted by molar-refractivity contribution is 0.107. The van der Waals surface area contributed by atoms with Crippen LogP contribution in [0.4, 0.5) is 14.6 Å². The Morgan fingerprint density at radius 2 is 1.82 bits per heavy atom. The van der Waals surface area contributed by atoms with Crippen LogP contribution < -0.4 is 9.64 Å². The molecule has 0 N–H and O–H groups in total. The summed E-state index contributed by atoms with van der Waals surface area (Å²) in [6, 6.07) is 8.27. The van der Waals surface area contributed by atoms with Gasteiger partial charge in [0.05, 0.1) is 10.9 Å². The van der Waals surface area contributed by atoms with Crippen molar-refractivity contribution in [1.29, 1.82) is 0 Å². The number of hydrogen-bond acceptors (Lipinski definition) is 6. The van der Waals surface area contributed by atoms with E-state index in [1.54, 1.807) is 6.20 Å². The van der Waals surface area contributed by atoms with E-state index in [9.17, 15) is 4.39 Å². The van der Waals surface area contributed by atoms with Gasteiger partial charge in [0.15, 0.2) is 5.82 Å². The highest BCUT2D eigenvalue weighted by Crippen LogP contribution is 2.44. The Hall–Kier alpha value is -2.87. The molecule has 2 aromatic heterocycles. The summed E-state index contributed by atoms with van der Waals surface area (Å²) in [6.07, 6.45) is 10.6. The number of halogens is 2. The molecule has 2 bridgehead atoms. The normalized spacial score (nSPS) is 30.1. The van der Waals surface area contributed by atoms with Gasteiger partial charge in [-0.1, -0.05) is 30.7 Å². The van der Waals surface area contributed by atoms with Crippen molar-refractivity contribution in [2.45, 2.75) is 75.4 Å². The molecule has 5 heterocycles. The van der Waals surface area contributed by atoms with Crippen LogP contribution in [0, 0.1) is 17.7 Å². The first-order valence-corrected chi connectivity index (χ1v) is 15.3. The van der Waals surface area contributed by atoms with Crippen LogP contribution in [0.2, 0.25) is 0 Å². The van der Waals surface area contributed by atoms with Gasteiger partial charge in [-0.05, 0) is 74.8 Å². The molecule has 0 amide bonds. The minimum atomic E-state index is -0.831. The molecule has 8 heteroatoms. The van der Waals surface area contributed by atoms with Crippen LogP contribution in [-0.2, 0) is 0 Å². The van der Waals surface area contributed by atoms with Crippen LogP contribution in [0.25, 0.3) is 22.2 Å². The first-order valence-electron chi connectivity index (χ1n) is 15.3. The number of anilines is 1. The Bertz CT molecular complexity index is 1430. The molecule has 2 saturated carbocycles. The summed E-state index contributed by atoms with van der Waals surface area (Å²) in [4.78, 5) is 18.8. The fourth-order valence-corrected chi connectivity index (χ4v) is 8.33. The van der Waals surface area contributed by atoms with Crippen molar-refractivity contribution < 1.29 is 13.5 Å². The van der Waals surface area contributed by atoms with E-state index < -0.39 is 12.0 Å². The van der Waals surface area contributed by atoms with E-state index in [1.165, 1.54) is 31.2 Å². The Kier molecular flexibility index (Phi) is 5.98. The minimum absolute atomic E-state index is 0.187. The lowest BCUT2D eigenvalue weighted by Crippen LogP contribution is -2.43. The molecule has 2 unspecified atom stereocenters. The molecule has 3 aromatic rings. The number of pyridine rings is 1. The SMILES string of the molecule is Fc1c(-c2ccccc2C2CCC2)ncc2c(N3CC4CCC(C4)C3)nc(OC[C@@]34CCCN3C[C@H](F)C4)nc12. The van der Waals surface area contributed by atoms with E-state index in [2.05, 4.69) is 20.9 Å². The molecular weight excluding hydrogens is 508 g/mol. The highest BCUT2D eigenvalue weighted by Gasteiger charge is 2.49. The molecule has 3 aliphatic heterocycles. The van der Waals surface area contributed by atoms with Crippen LogP contribution in [-0.4, -0.2) is 64.3 Å². The van der Waals surface area contributed by atoms with Gasteiger partial charge in [-0.15, -0.1) is 0 Å². The maximum atomic E-state index is 16.5. The van der Waals surface area contributed by atoms with Crippen LogP contribution in [0.15, 0.2) is 30.5 Å². The molecule has 6 nitrogen and oxygen atoms in total. The number of rotatable bonds is 6. The second-order valence-electron chi connectivity index (χ2n) is 13.0. The number of hydrogen-bond donors (Lipinski definition) is 0. The van der Waals surface area contributed by atoms with Crippen molar-refractivity contribution in [2.24, 2.45) is 11.8 Å². The third-order valence-corrected chi connectivity index (χ3v) is 10.5. The Balaban J connectivity index is 1.21. The number of aromatic nitrogens is 3. The molecule has 40 heavy (non-hydrogen) atoms. The fourth-order valence-electron chi connectivity index (χ4n) is 8.33. The topological polar surface area (TPSA) is 54.4 Å². The molecule has 0 radical (unpaired) electrons.